The number of ether oxygens (including phenoxy) is 1. The predicted molar refractivity (Wildman–Crippen MR) is 61.5 cm³/mol. The zero-order chi connectivity index (χ0) is 11.7. The smallest absolute Gasteiger partial charge is 0.215 e. The van der Waals surface area contributed by atoms with Crippen molar-refractivity contribution in [2.24, 2.45) is 0 Å². The van der Waals surface area contributed by atoms with E-state index >= 15 is 0 Å². The van der Waals surface area contributed by atoms with Gasteiger partial charge in [0.2, 0.25) is 10.0 Å². The Morgan fingerprint density at radius 1 is 1.33 bits per heavy atom. The molecule has 0 atom stereocenters. The molecule has 6 heteroatoms. The van der Waals surface area contributed by atoms with E-state index in [4.69, 9.17) is 4.74 Å². The van der Waals surface area contributed by atoms with Crippen LogP contribution in [0.15, 0.2) is 0 Å². The minimum Gasteiger partial charge on any atom is -0.380 e. The van der Waals surface area contributed by atoms with Crippen molar-refractivity contribution in [2.75, 3.05) is 45.6 Å². The Morgan fingerprint density at radius 3 is 2.47 bits per heavy atom. The molecule has 0 bridgehead atoms. The first kappa shape index (κ1) is 14.8. The molecule has 0 rings (SSSR count). The molecule has 0 radical (unpaired) electrons. The number of nitrogens with zero attached hydrogens (tertiary/aromatic N) is 1. The maximum Gasteiger partial charge on any atom is 0.215 e. The van der Waals surface area contributed by atoms with Crippen LogP contribution in [0.1, 0.15) is 13.8 Å². The third-order valence-corrected chi connectivity index (χ3v) is 3.99. The van der Waals surface area contributed by atoms with Gasteiger partial charge in [0.1, 0.15) is 0 Å². The summed E-state index contributed by atoms with van der Waals surface area (Å²) in [7, 11) is -1.38. The predicted octanol–water partition coefficient (Wildman–Crippen LogP) is -0.106. The number of hydrogen-bond donors (Lipinski definition) is 1. The summed E-state index contributed by atoms with van der Waals surface area (Å²) in [6.07, 6.45) is 0. The molecule has 5 nitrogen and oxygen atoms in total. The summed E-state index contributed by atoms with van der Waals surface area (Å²) in [4.78, 5) is 0. The Hall–Kier alpha value is -0.170. The maximum atomic E-state index is 11.7. The van der Waals surface area contributed by atoms with Crippen molar-refractivity contribution in [3.63, 3.8) is 0 Å². The lowest BCUT2D eigenvalue weighted by Gasteiger charge is -2.20. The van der Waals surface area contributed by atoms with E-state index in [0.29, 0.717) is 32.8 Å². The second kappa shape index (κ2) is 8.04. The van der Waals surface area contributed by atoms with Gasteiger partial charge in [0.05, 0.1) is 12.4 Å². The average molecular weight is 238 g/mol. The van der Waals surface area contributed by atoms with Crippen LogP contribution >= 0.6 is 0 Å². The van der Waals surface area contributed by atoms with E-state index in [1.807, 2.05) is 13.8 Å². The van der Waals surface area contributed by atoms with Crippen LogP contribution in [0.25, 0.3) is 0 Å². The van der Waals surface area contributed by atoms with E-state index in [1.54, 1.807) is 7.05 Å². The molecule has 0 fully saturated rings. The molecule has 0 aliphatic carbocycles. The number of nitrogens with one attached hydrogen (secondary N) is 1. The Balaban J connectivity index is 4.12. The third-order valence-electron chi connectivity index (χ3n) is 2.05. The van der Waals surface area contributed by atoms with Gasteiger partial charge in [-0.05, 0) is 14.0 Å². The fraction of sp³-hybridized carbons (Fsp3) is 1.00. The van der Waals surface area contributed by atoms with Crippen molar-refractivity contribution < 1.29 is 13.2 Å². The Morgan fingerprint density at radius 2 is 2.00 bits per heavy atom. The highest BCUT2D eigenvalue weighted by Crippen LogP contribution is 2.00. The summed E-state index contributed by atoms with van der Waals surface area (Å²) < 4.78 is 30.1. The monoisotopic (exact) mass is 238 g/mol. The number of likely N-dealkylation sites (N-methyl/N-ethyl adjacent to an activating group) is 1. The van der Waals surface area contributed by atoms with Gasteiger partial charge in [-0.25, -0.2) is 8.42 Å². The zero-order valence-electron chi connectivity index (χ0n) is 9.82. The lowest BCUT2D eigenvalue weighted by molar-refractivity contribution is 0.135. The second-order valence-electron chi connectivity index (χ2n) is 3.11. The van der Waals surface area contributed by atoms with Crippen LogP contribution in [0, 0.1) is 0 Å². The summed E-state index contributed by atoms with van der Waals surface area (Å²) in [5, 5.41) is 2.83. The Bertz CT molecular complexity index is 242. The molecule has 0 saturated heterocycles. The van der Waals surface area contributed by atoms with Gasteiger partial charge in [-0.15, -0.1) is 0 Å². The molecule has 0 aromatic carbocycles. The van der Waals surface area contributed by atoms with Crippen molar-refractivity contribution in [1.82, 2.24) is 9.62 Å². The Labute approximate surface area is 92.8 Å². The molecule has 0 saturated carbocycles. The van der Waals surface area contributed by atoms with Crippen LogP contribution in [-0.4, -0.2) is 58.4 Å². The highest BCUT2D eigenvalue weighted by Gasteiger charge is 2.18. The van der Waals surface area contributed by atoms with Gasteiger partial charge in [0, 0.05) is 26.2 Å². The summed E-state index contributed by atoms with van der Waals surface area (Å²) in [6, 6.07) is 0. The minimum absolute atomic E-state index is 0.142. The van der Waals surface area contributed by atoms with Gasteiger partial charge < -0.3 is 10.1 Å². The lowest BCUT2D eigenvalue weighted by Crippen LogP contribution is -2.37. The van der Waals surface area contributed by atoms with Crippen LogP contribution in [0.4, 0.5) is 0 Å². The first-order valence-electron chi connectivity index (χ1n) is 5.28. The highest BCUT2D eigenvalue weighted by molar-refractivity contribution is 7.89. The van der Waals surface area contributed by atoms with Crippen LogP contribution in [0.3, 0.4) is 0 Å². The largest absolute Gasteiger partial charge is 0.380 e. The average Bonchev–Trinajstić information content (AvgIpc) is 2.21. The van der Waals surface area contributed by atoms with Crippen molar-refractivity contribution in [3.05, 3.63) is 0 Å². The first-order valence-corrected chi connectivity index (χ1v) is 6.89. The van der Waals surface area contributed by atoms with Crippen molar-refractivity contribution in [1.29, 1.82) is 0 Å². The second-order valence-corrected chi connectivity index (χ2v) is 5.20. The molecule has 0 spiro atoms. The van der Waals surface area contributed by atoms with E-state index in [2.05, 4.69) is 5.32 Å². The molecular formula is C9H22N2O3S. The quantitative estimate of drug-likeness (QED) is 0.570. The molecule has 92 valence electrons. The van der Waals surface area contributed by atoms with Gasteiger partial charge in [-0.3, -0.25) is 0 Å². The van der Waals surface area contributed by atoms with Gasteiger partial charge >= 0.3 is 0 Å². The van der Waals surface area contributed by atoms with Gasteiger partial charge in [-0.1, -0.05) is 6.92 Å². The molecular weight excluding hydrogens is 216 g/mol. The minimum atomic E-state index is -3.12. The lowest BCUT2D eigenvalue weighted by atomic mass is 10.6. The molecule has 15 heavy (non-hydrogen) atoms. The van der Waals surface area contributed by atoms with Crippen LogP contribution in [0.5, 0.6) is 0 Å². The zero-order valence-corrected chi connectivity index (χ0v) is 10.6. The van der Waals surface area contributed by atoms with E-state index in [1.165, 1.54) is 4.31 Å². The van der Waals surface area contributed by atoms with Crippen molar-refractivity contribution >= 4 is 10.0 Å². The van der Waals surface area contributed by atoms with Gasteiger partial charge in [-0.2, -0.15) is 4.31 Å². The van der Waals surface area contributed by atoms with Crippen LogP contribution in [0.2, 0.25) is 0 Å². The first-order chi connectivity index (χ1) is 7.08. The third kappa shape index (κ3) is 6.09. The standard InChI is InChI=1S/C9H22N2O3S/c1-4-11(7-8-14-5-2)15(12,13)9-6-10-3/h10H,4-9H2,1-3H3. The molecule has 1 N–H and O–H groups in total. The number of sulfonamides is 1. The molecule has 0 aromatic heterocycles. The SMILES string of the molecule is CCOCCN(CC)S(=O)(=O)CCNC. The summed E-state index contributed by atoms with van der Waals surface area (Å²) >= 11 is 0. The fourth-order valence-electron chi connectivity index (χ4n) is 1.16. The van der Waals surface area contributed by atoms with Crippen molar-refractivity contribution in [2.45, 2.75) is 13.8 Å². The molecule has 0 heterocycles. The van der Waals surface area contributed by atoms with Gasteiger partial charge in [0.25, 0.3) is 0 Å². The Kier molecular flexibility index (Phi) is 7.95. The summed E-state index contributed by atoms with van der Waals surface area (Å²) in [6.45, 7) is 6.23. The summed E-state index contributed by atoms with van der Waals surface area (Å²) in [5.74, 6) is 0.142. The molecule has 0 aliphatic rings. The topological polar surface area (TPSA) is 58.6 Å². The molecule has 0 amide bonds. The normalized spacial score (nSPS) is 12.3. The van der Waals surface area contributed by atoms with Gasteiger partial charge in [0.15, 0.2) is 0 Å². The van der Waals surface area contributed by atoms with E-state index in [0.717, 1.165) is 0 Å². The fourth-order valence-corrected chi connectivity index (χ4v) is 2.63. The highest BCUT2D eigenvalue weighted by atomic mass is 32.2. The van der Waals surface area contributed by atoms with E-state index in [9.17, 15) is 8.42 Å². The van der Waals surface area contributed by atoms with Crippen molar-refractivity contribution in [3.8, 4) is 0 Å². The number of hydrogen-bond acceptors (Lipinski definition) is 4. The maximum absolute atomic E-state index is 11.7. The number of rotatable bonds is 9. The van der Waals surface area contributed by atoms with E-state index in [-0.39, 0.29) is 5.75 Å². The summed E-state index contributed by atoms with van der Waals surface area (Å²) in [5.41, 5.74) is 0. The van der Waals surface area contributed by atoms with E-state index < -0.39 is 10.0 Å². The van der Waals surface area contributed by atoms with Crippen LogP contribution < -0.4 is 5.32 Å². The van der Waals surface area contributed by atoms with Crippen LogP contribution in [-0.2, 0) is 14.8 Å². The molecule has 0 unspecified atom stereocenters. The molecule has 0 aliphatic heterocycles. The molecule has 0 aromatic rings.